The number of carbonyl (C=O) groups excluding carboxylic acids is 3. The first-order chi connectivity index (χ1) is 16.6. The molecule has 2 heterocycles. The molecule has 0 aromatic heterocycles. The molecule has 4 rings (SSSR count). The summed E-state index contributed by atoms with van der Waals surface area (Å²) in [6, 6.07) is 9.87. The summed E-state index contributed by atoms with van der Waals surface area (Å²) in [7, 11) is 2.94. The highest BCUT2D eigenvalue weighted by Crippen LogP contribution is 2.43. The molecular weight excluding hydrogens is 446 g/mol. The van der Waals surface area contributed by atoms with E-state index in [2.05, 4.69) is 37.9 Å². The zero-order valence-electron chi connectivity index (χ0n) is 21.0. The van der Waals surface area contributed by atoms with Gasteiger partial charge in [0.25, 0.3) is 11.8 Å². The molecule has 2 aliphatic heterocycles. The Bertz CT molecular complexity index is 1230. The van der Waals surface area contributed by atoms with Gasteiger partial charge in [-0.2, -0.15) is 0 Å². The lowest BCUT2D eigenvalue weighted by molar-refractivity contribution is -0.122. The first kappa shape index (κ1) is 24.3. The molecule has 1 atom stereocenters. The molecular formula is C27H31N3O5. The monoisotopic (exact) mass is 477 g/mol. The fourth-order valence-corrected chi connectivity index (χ4v) is 5.21. The van der Waals surface area contributed by atoms with Gasteiger partial charge in [-0.05, 0) is 74.6 Å². The van der Waals surface area contributed by atoms with Gasteiger partial charge in [0.1, 0.15) is 17.1 Å². The number of barbiturate groups is 1. The highest BCUT2D eigenvalue weighted by Gasteiger charge is 2.39. The number of rotatable bonds is 5. The van der Waals surface area contributed by atoms with Crippen LogP contribution in [0.1, 0.15) is 51.2 Å². The maximum absolute atomic E-state index is 13.4. The lowest BCUT2D eigenvalue weighted by Crippen LogP contribution is -2.54. The fourth-order valence-electron chi connectivity index (χ4n) is 5.21. The fraction of sp³-hybridized carbons (Fsp3) is 0.370. The maximum atomic E-state index is 13.4. The molecule has 2 aromatic rings. The molecule has 0 aliphatic carbocycles. The van der Waals surface area contributed by atoms with Crippen molar-refractivity contribution in [1.82, 2.24) is 5.32 Å². The Morgan fingerprint density at radius 1 is 1.06 bits per heavy atom. The van der Waals surface area contributed by atoms with Crippen molar-refractivity contribution >= 4 is 35.3 Å². The van der Waals surface area contributed by atoms with E-state index in [-0.39, 0.29) is 22.5 Å². The maximum Gasteiger partial charge on any atom is 0.336 e. The molecule has 1 saturated heterocycles. The van der Waals surface area contributed by atoms with E-state index in [4.69, 9.17) is 9.47 Å². The van der Waals surface area contributed by atoms with Crippen molar-refractivity contribution in [2.24, 2.45) is 0 Å². The quantitative estimate of drug-likeness (QED) is 0.505. The number of amides is 4. The van der Waals surface area contributed by atoms with Gasteiger partial charge in [0.15, 0.2) is 0 Å². The van der Waals surface area contributed by atoms with Crippen LogP contribution >= 0.6 is 0 Å². The van der Waals surface area contributed by atoms with Crippen LogP contribution in [-0.4, -0.2) is 44.1 Å². The number of ether oxygens (including phenoxy) is 2. The van der Waals surface area contributed by atoms with E-state index < -0.39 is 17.8 Å². The smallest absolute Gasteiger partial charge is 0.336 e. The molecule has 184 valence electrons. The molecule has 0 radical (unpaired) electrons. The number of anilines is 2. The lowest BCUT2D eigenvalue weighted by Gasteiger charge is -2.47. The third kappa shape index (κ3) is 4.24. The molecule has 8 heteroatoms. The van der Waals surface area contributed by atoms with Crippen molar-refractivity contribution in [3.8, 4) is 11.5 Å². The summed E-state index contributed by atoms with van der Waals surface area (Å²) >= 11 is 0. The van der Waals surface area contributed by atoms with Gasteiger partial charge in [-0.3, -0.25) is 14.9 Å². The summed E-state index contributed by atoms with van der Waals surface area (Å²) < 4.78 is 10.6. The van der Waals surface area contributed by atoms with Crippen LogP contribution in [0.3, 0.4) is 0 Å². The van der Waals surface area contributed by atoms with Gasteiger partial charge in [0, 0.05) is 23.8 Å². The van der Waals surface area contributed by atoms with Crippen LogP contribution in [0.25, 0.3) is 6.08 Å². The van der Waals surface area contributed by atoms with Gasteiger partial charge in [0.2, 0.25) is 0 Å². The van der Waals surface area contributed by atoms with Gasteiger partial charge in [-0.1, -0.05) is 13.0 Å². The number of nitrogens with zero attached hydrogens (tertiary/aromatic N) is 2. The molecule has 35 heavy (non-hydrogen) atoms. The standard InChI is InChI=1S/C27H31N3O5/c1-7-29-21-10-8-17(12-19(21)16(2)15-27(29,3)4)13-20-24(31)28-26(33)30(25(20)32)22-11-9-18(34-5)14-23(22)35-6/h8-14,16H,7,15H2,1-6H3,(H,28,31,33)/b20-13+/t16-/m0/s1. The SMILES string of the molecule is CCN1c2ccc(/C=C3\C(=O)NC(=O)N(c4ccc(OC)cc4OC)C3=O)cc2[C@@H](C)CC1(C)C. The first-order valence-corrected chi connectivity index (χ1v) is 11.7. The number of fused-ring (bicyclic) bond motifs is 1. The first-order valence-electron chi connectivity index (χ1n) is 11.7. The molecule has 2 aliphatic rings. The summed E-state index contributed by atoms with van der Waals surface area (Å²) in [5, 5.41) is 2.27. The minimum absolute atomic E-state index is 0.0403. The van der Waals surface area contributed by atoms with Gasteiger partial charge < -0.3 is 14.4 Å². The van der Waals surface area contributed by atoms with Crippen LogP contribution in [0.5, 0.6) is 11.5 Å². The average Bonchev–Trinajstić information content (AvgIpc) is 2.81. The minimum atomic E-state index is -0.833. The van der Waals surface area contributed by atoms with Crippen LogP contribution in [0.4, 0.5) is 16.2 Å². The van der Waals surface area contributed by atoms with E-state index >= 15 is 0 Å². The topological polar surface area (TPSA) is 88.2 Å². The summed E-state index contributed by atoms with van der Waals surface area (Å²) in [5.74, 6) is -0.352. The Morgan fingerprint density at radius 2 is 1.77 bits per heavy atom. The molecule has 0 unspecified atom stereocenters. The van der Waals surface area contributed by atoms with Crippen molar-refractivity contribution in [3.05, 3.63) is 53.1 Å². The van der Waals surface area contributed by atoms with Crippen molar-refractivity contribution in [2.45, 2.75) is 45.6 Å². The largest absolute Gasteiger partial charge is 0.497 e. The Hall–Kier alpha value is -3.81. The second-order valence-electron chi connectivity index (χ2n) is 9.48. The Balaban J connectivity index is 1.74. The molecule has 0 spiro atoms. The van der Waals surface area contributed by atoms with Crippen molar-refractivity contribution < 1.29 is 23.9 Å². The van der Waals surface area contributed by atoms with Gasteiger partial charge in [-0.25, -0.2) is 9.69 Å². The molecule has 1 N–H and O–H groups in total. The van der Waals surface area contributed by atoms with Gasteiger partial charge in [-0.15, -0.1) is 0 Å². The predicted molar refractivity (Wildman–Crippen MR) is 135 cm³/mol. The molecule has 0 bridgehead atoms. The number of methoxy groups -OCH3 is 2. The van der Waals surface area contributed by atoms with E-state index in [1.807, 2.05) is 18.2 Å². The number of urea groups is 1. The summed E-state index contributed by atoms with van der Waals surface area (Å²) in [6.45, 7) is 9.71. The van der Waals surface area contributed by atoms with E-state index in [1.165, 1.54) is 25.9 Å². The second kappa shape index (κ2) is 9.09. The number of carbonyl (C=O) groups is 3. The van der Waals surface area contributed by atoms with Crippen molar-refractivity contribution in [3.63, 3.8) is 0 Å². The minimum Gasteiger partial charge on any atom is -0.497 e. The summed E-state index contributed by atoms with van der Waals surface area (Å²) in [4.78, 5) is 42.0. The predicted octanol–water partition coefficient (Wildman–Crippen LogP) is 4.48. The third-order valence-corrected chi connectivity index (χ3v) is 6.77. The molecule has 1 fully saturated rings. The average molecular weight is 478 g/mol. The molecule has 2 aromatic carbocycles. The number of hydrogen-bond donors (Lipinski definition) is 1. The van der Waals surface area contributed by atoms with Gasteiger partial charge >= 0.3 is 6.03 Å². The lowest BCUT2D eigenvalue weighted by atomic mass is 9.79. The van der Waals surface area contributed by atoms with Crippen LogP contribution in [0.2, 0.25) is 0 Å². The van der Waals surface area contributed by atoms with E-state index in [9.17, 15) is 14.4 Å². The second-order valence-corrected chi connectivity index (χ2v) is 9.48. The molecule has 8 nitrogen and oxygen atoms in total. The zero-order chi connectivity index (χ0) is 25.5. The summed E-state index contributed by atoms with van der Waals surface area (Å²) in [5.41, 5.74) is 3.19. The van der Waals surface area contributed by atoms with Crippen LogP contribution in [0, 0.1) is 0 Å². The van der Waals surface area contributed by atoms with Crippen LogP contribution < -0.4 is 24.6 Å². The summed E-state index contributed by atoms with van der Waals surface area (Å²) in [6.07, 6.45) is 2.53. The zero-order valence-corrected chi connectivity index (χ0v) is 21.0. The normalized spacial score (nSPS) is 20.6. The number of imide groups is 2. The van der Waals surface area contributed by atoms with Crippen LogP contribution in [-0.2, 0) is 9.59 Å². The molecule has 0 saturated carbocycles. The Kier molecular flexibility index (Phi) is 6.32. The van der Waals surface area contributed by atoms with E-state index in [0.29, 0.717) is 11.7 Å². The Morgan fingerprint density at radius 3 is 2.43 bits per heavy atom. The van der Waals surface area contributed by atoms with Crippen LogP contribution in [0.15, 0.2) is 42.0 Å². The highest BCUT2D eigenvalue weighted by atomic mass is 16.5. The third-order valence-electron chi connectivity index (χ3n) is 6.77. The number of nitrogens with one attached hydrogen (secondary N) is 1. The number of benzene rings is 2. The molecule has 4 amide bonds. The van der Waals surface area contributed by atoms with E-state index in [0.717, 1.165) is 29.1 Å². The number of hydrogen-bond acceptors (Lipinski definition) is 6. The van der Waals surface area contributed by atoms with Crippen molar-refractivity contribution in [1.29, 1.82) is 0 Å². The van der Waals surface area contributed by atoms with Gasteiger partial charge in [0.05, 0.1) is 19.9 Å². The van der Waals surface area contributed by atoms with Crippen molar-refractivity contribution in [2.75, 3.05) is 30.6 Å². The highest BCUT2D eigenvalue weighted by molar-refractivity contribution is 6.39. The Labute approximate surface area is 205 Å². The van der Waals surface area contributed by atoms with E-state index in [1.54, 1.807) is 18.2 Å².